The molecule has 1 saturated heterocycles. The van der Waals surface area contributed by atoms with E-state index in [9.17, 15) is 0 Å². The van der Waals surface area contributed by atoms with Crippen LogP contribution in [0.2, 0.25) is 0 Å². The lowest BCUT2D eigenvalue weighted by atomic mass is 10.0. The highest BCUT2D eigenvalue weighted by molar-refractivity contribution is 7.14. The van der Waals surface area contributed by atoms with Gasteiger partial charge in [-0.05, 0) is 13.8 Å². The Morgan fingerprint density at radius 2 is 2.17 bits per heavy atom. The smallest absolute Gasteiger partial charge is 0.186 e. The molecule has 7 nitrogen and oxygen atoms in total. The molecule has 2 aromatic rings. The fraction of sp³-hybridized carbons (Fsp3) is 0.643. The molecular formula is C14H21ClN6OS. The second-order valence-electron chi connectivity index (χ2n) is 6.30. The van der Waals surface area contributed by atoms with Gasteiger partial charge in [-0.1, -0.05) is 0 Å². The Kier molecular flexibility index (Phi) is 4.59. The third-order valence-electron chi connectivity index (χ3n) is 4.22. The predicted octanol–water partition coefficient (Wildman–Crippen LogP) is 1.54. The van der Waals surface area contributed by atoms with Crippen molar-refractivity contribution in [3.05, 3.63) is 11.2 Å². The first-order valence-corrected chi connectivity index (χ1v) is 8.47. The molecule has 0 radical (unpaired) electrons. The summed E-state index contributed by atoms with van der Waals surface area (Å²) in [6.45, 7) is 9.37. The molecule has 1 N–H and O–H groups in total. The molecule has 4 rings (SSSR count). The van der Waals surface area contributed by atoms with Crippen molar-refractivity contribution >= 4 is 28.9 Å². The number of halogens is 1. The monoisotopic (exact) mass is 356 g/mol. The van der Waals surface area contributed by atoms with E-state index in [1.807, 2.05) is 0 Å². The van der Waals surface area contributed by atoms with Crippen LogP contribution in [0.4, 0.5) is 5.13 Å². The maximum absolute atomic E-state index is 5.59. The summed E-state index contributed by atoms with van der Waals surface area (Å²) in [4.78, 5) is 7.16. The highest BCUT2D eigenvalue weighted by Crippen LogP contribution is 2.32. The van der Waals surface area contributed by atoms with E-state index >= 15 is 0 Å². The fourth-order valence-electron chi connectivity index (χ4n) is 2.99. The third kappa shape index (κ3) is 2.96. The standard InChI is InChI=1S/C14H20N6OS.ClH/c1-14(2)9-21-6-5-20(14)13-16-10(8-22-13)12-18-17-11-7-15-3-4-19(11)12;/h8,15H,3-7,9H2,1-2H3;1H. The maximum atomic E-state index is 5.59. The largest absolute Gasteiger partial charge is 0.377 e. The quantitative estimate of drug-likeness (QED) is 0.880. The van der Waals surface area contributed by atoms with E-state index in [0.29, 0.717) is 0 Å². The van der Waals surface area contributed by atoms with E-state index < -0.39 is 0 Å². The van der Waals surface area contributed by atoms with E-state index in [2.05, 4.69) is 44.2 Å². The lowest BCUT2D eigenvalue weighted by molar-refractivity contribution is 0.0644. The zero-order valence-electron chi connectivity index (χ0n) is 13.3. The Bertz CT molecular complexity index is 685. The lowest BCUT2D eigenvalue weighted by Crippen LogP contribution is -2.53. The Morgan fingerprint density at radius 3 is 3.00 bits per heavy atom. The molecule has 2 aliphatic rings. The Balaban J connectivity index is 0.00000156. The van der Waals surface area contributed by atoms with Gasteiger partial charge in [-0.15, -0.1) is 33.9 Å². The molecule has 4 heterocycles. The molecule has 0 aromatic carbocycles. The van der Waals surface area contributed by atoms with Crippen LogP contribution in [-0.2, 0) is 17.8 Å². The molecule has 9 heteroatoms. The van der Waals surface area contributed by atoms with Gasteiger partial charge in [0.05, 0.1) is 25.3 Å². The Hall–Kier alpha value is -1.22. The molecule has 0 aliphatic carbocycles. The summed E-state index contributed by atoms with van der Waals surface area (Å²) in [5.41, 5.74) is 0.893. The van der Waals surface area contributed by atoms with E-state index in [4.69, 9.17) is 9.72 Å². The van der Waals surface area contributed by atoms with Gasteiger partial charge in [-0.25, -0.2) is 4.98 Å². The number of rotatable bonds is 2. The van der Waals surface area contributed by atoms with Crippen LogP contribution in [-0.4, -0.2) is 51.6 Å². The van der Waals surface area contributed by atoms with Crippen LogP contribution in [0.1, 0.15) is 19.7 Å². The van der Waals surface area contributed by atoms with Crippen LogP contribution in [0.25, 0.3) is 11.5 Å². The zero-order chi connectivity index (χ0) is 15.2. The maximum Gasteiger partial charge on any atom is 0.186 e. The second-order valence-corrected chi connectivity index (χ2v) is 7.14. The van der Waals surface area contributed by atoms with Gasteiger partial charge in [0.15, 0.2) is 11.0 Å². The molecule has 23 heavy (non-hydrogen) atoms. The van der Waals surface area contributed by atoms with Crippen LogP contribution in [0.3, 0.4) is 0 Å². The molecule has 0 atom stereocenters. The molecular weight excluding hydrogens is 336 g/mol. The molecule has 0 amide bonds. The Morgan fingerprint density at radius 1 is 1.30 bits per heavy atom. The van der Waals surface area contributed by atoms with E-state index in [-0.39, 0.29) is 17.9 Å². The van der Waals surface area contributed by atoms with Crippen molar-refractivity contribution in [1.29, 1.82) is 0 Å². The topological polar surface area (TPSA) is 68.1 Å². The summed E-state index contributed by atoms with van der Waals surface area (Å²) in [6, 6.07) is 0. The summed E-state index contributed by atoms with van der Waals surface area (Å²) in [6.07, 6.45) is 0. The van der Waals surface area contributed by atoms with Gasteiger partial charge in [-0.2, -0.15) is 0 Å². The highest BCUT2D eigenvalue weighted by atomic mass is 35.5. The molecule has 0 unspecified atom stereocenters. The number of hydrogen-bond acceptors (Lipinski definition) is 7. The minimum Gasteiger partial charge on any atom is -0.377 e. The molecule has 1 fully saturated rings. The first kappa shape index (κ1) is 16.6. The zero-order valence-corrected chi connectivity index (χ0v) is 14.9. The van der Waals surface area contributed by atoms with Crippen molar-refractivity contribution in [3.8, 4) is 11.5 Å². The van der Waals surface area contributed by atoms with Crippen LogP contribution >= 0.6 is 23.7 Å². The number of nitrogens with one attached hydrogen (secondary N) is 1. The minimum absolute atomic E-state index is 0. The first-order valence-electron chi connectivity index (χ1n) is 7.59. The van der Waals surface area contributed by atoms with Crippen molar-refractivity contribution in [2.24, 2.45) is 0 Å². The van der Waals surface area contributed by atoms with E-state index in [1.165, 1.54) is 0 Å². The van der Waals surface area contributed by atoms with E-state index in [0.717, 1.165) is 61.9 Å². The first-order chi connectivity index (χ1) is 10.6. The third-order valence-corrected chi connectivity index (χ3v) is 5.08. The van der Waals surface area contributed by atoms with Crippen molar-refractivity contribution in [3.63, 3.8) is 0 Å². The van der Waals surface area contributed by atoms with Gasteiger partial charge in [0.25, 0.3) is 0 Å². The number of ether oxygens (including phenoxy) is 1. The predicted molar refractivity (Wildman–Crippen MR) is 92.3 cm³/mol. The molecule has 0 bridgehead atoms. The summed E-state index contributed by atoms with van der Waals surface area (Å²) >= 11 is 1.67. The van der Waals surface area contributed by atoms with Crippen LogP contribution < -0.4 is 10.2 Å². The van der Waals surface area contributed by atoms with Gasteiger partial charge in [0.2, 0.25) is 0 Å². The summed E-state index contributed by atoms with van der Waals surface area (Å²) < 4.78 is 7.76. The average molecular weight is 357 g/mol. The van der Waals surface area contributed by atoms with Gasteiger partial charge < -0.3 is 19.5 Å². The lowest BCUT2D eigenvalue weighted by Gasteiger charge is -2.41. The molecule has 2 aliphatic heterocycles. The van der Waals surface area contributed by atoms with E-state index in [1.54, 1.807) is 11.3 Å². The van der Waals surface area contributed by atoms with Gasteiger partial charge in [-0.3, -0.25) is 0 Å². The van der Waals surface area contributed by atoms with Crippen LogP contribution in [0.15, 0.2) is 5.38 Å². The number of morpholine rings is 1. The fourth-order valence-corrected chi connectivity index (χ4v) is 3.98. The average Bonchev–Trinajstić information content (AvgIpc) is 3.12. The highest BCUT2D eigenvalue weighted by Gasteiger charge is 2.32. The Labute approximate surface area is 145 Å². The van der Waals surface area contributed by atoms with Crippen LogP contribution in [0, 0.1) is 0 Å². The van der Waals surface area contributed by atoms with Gasteiger partial charge in [0, 0.05) is 25.0 Å². The number of fused-ring (bicyclic) bond motifs is 1. The number of anilines is 1. The molecule has 0 spiro atoms. The van der Waals surface area contributed by atoms with Crippen molar-refractivity contribution in [2.45, 2.75) is 32.5 Å². The molecule has 126 valence electrons. The van der Waals surface area contributed by atoms with Crippen molar-refractivity contribution in [1.82, 2.24) is 25.1 Å². The number of hydrogen-bond donors (Lipinski definition) is 1. The molecule has 0 saturated carbocycles. The second kappa shape index (κ2) is 6.35. The number of nitrogens with zero attached hydrogens (tertiary/aromatic N) is 5. The summed E-state index contributed by atoms with van der Waals surface area (Å²) in [5, 5.41) is 15.0. The SMILES string of the molecule is CC1(C)COCCN1c1nc(-c2nnc3n2CCNC3)cs1.Cl. The van der Waals surface area contributed by atoms with Crippen molar-refractivity contribution in [2.75, 3.05) is 31.2 Å². The van der Waals surface area contributed by atoms with Crippen molar-refractivity contribution < 1.29 is 4.74 Å². The minimum atomic E-state index is -0.0262. The number of aromatic nitrogens is 4. The number of thiazole rings is 1. The van der Waals surface area contributed by atoms with Crippen LogP contribution in [0.5, 0.6) is 0 Å². The van der Waals surface area contributed by atoms with Gasteiger partial charge in [0.1, 0.15) is 11.5 Å². The van der Waals surface area contributed by atoms with Gasteiger partial charge >= 0.3 is 0 Å². The normalized spacial score (nSPS) is 20.0. The summed E-state index contributed by atoms with van der Waals surface area (Å²) in [5.74, 6) is 1.87. The summed E-state index contributed by atoms with van der Waals surface area (Å²) in [7, 11) is 0. The molecule has 2 aromatic heterocycles.